The number of rotatable bonds is 5. The fourth-order valence-corrected chi connectivity index (χ4v) is 4.30. The molecule has 174 valence electrons. The van der Waals surface area contributed by atoms with Crippen LogP contribution in [0.1, 0.15) is 33.6 Å². The van der Waals surface area contributed by atoms with Gasteiger partial charge in [-0.1, -0.05) is 29.8 Å². The fraction of sp³-hybridized carbons (Fsp3) is 0.222. The second-order valence-electron chi connectivity index (χ2n) is 8.75. The summed E-state index contributed by atoms with van der Waals surface area (Å²) in [6, 6.07) is 15.0. The van der Waals surface area contributed by atoms with Gasteiger partial charge in [-0.2, -0.15) is 0 Å². The Hall–Kier alpha value is -4.13. The van der Waals surface area contributed by atoms with E-state index in [4.69, 9.17) is 0 Å². The Labute approximate surface area is 199 Å². The number of benzene rings is 2. The van der Waals surface area contributed by atoms with Crippen molar-refractivity contribution in [1.29, 1.82) is 0 Å². The van der Waals surface area contributed by atoms with Gasteiger partial charge in [-0.3, -0.25) is 9.59 Å². The molecular formula is C27H28N4O3. The van der Waals surface area contributed by atoms with Crippen LogP contribution in [-0.4, -0.2) is 33.9 Å². The zero-order chi connectivity index (χ0) is 24.6. The van der Waals surface area contributed by atoms with Gasteiger partial charge in [-0.25, -0.2) is 9.69 Å². The number of urea groups is 1. The number of nitrogens with zero attached hydrogens (tertiary/aromatic N) is 2. The average Bonchev–Trinajstić information content (AvgIpc) is 3.18. The molecule has 7 nitrogen and oxygen atoms in total. The monoisotopic (exact) mass is 456 g/mol. The van der Waals surface area contributed by atoms with Crippen molar-refractivity contribution >= 4 is 29.6 Å². The highest BCUT2D eigenvalue weighted by atomic mass is 16.2. The molecule has 3 aromatic rings. The summed E-state index contributed by atoms with van der Waals surface area (Å²) >= 11 is 0. The van der Waals surface area contributed by atoms with Crippen molar-refractivity contribution in [2.75, 3.05) is 11.9 Å². The lowest BCUT2D eigenvalue weighted by molar-refractivity contribution is -0.127. The maximum Gasteiger partial charge on any atom is 0.329 e. The Morgan fingerprint density at radius 1 is 0.971 bits per heavy atom. The third-order valence-corrected chi connectivity index (χ3v) is 5.93. The average molecular weight is 457 g/mol. The number of anilines is 1. The van der Waals surface area contributed by atoms with Gasteiger partial charge in [-0.05, 0) is 81.7 Å². The van der Waals surface area contributed by atoms with Gasteiger partial charge in [0.15, 0.2) is 0 Å². The van der Waals surface area contributed by atoms with E-state index in [-0.39, 0.29) is 12.2 Å². The number of carbonyl (C=O) groups is 3. The number of nitrogens with one attached hydrogen (secondary N) is 2. The van der Waals surface area contributed by atoms with E-state index in [1.54, 1.807) is 12.1 Å². The maximum absolute atomic E-state index is 12.9. The normalized spacial score (nSPS) is 14.6. The molecule has 1 saturated heterocycles. The van der Waals surface area contributed by atoms with E-state index in [9.17, 15) is 14.4 Å². The van der Waals surface area contributed by atoms with Gasteiger partial charge < -0.3 is 15.2 Å². The molecule has 2 aromatic carbocycles. The standard InChI is InChI=1S/C27H28N4O3/c1-16-7-6-8-22(12-16)28-25(32)15-30-26(33)23(29-27(30)34)14-21-13-19(4)31(20(21)5)24-10-9-17(2)11-18(24)3/h6-14H,15H2,1-5H3,(H,28,32)(H,29,34)/b23-14+. The topological polar surface area (TPSA) is 83.4 Å². The predicted octanol–water partition coefficient (Wildman–Crippen LogP) is 4.55. The lowest BCUT2D eigenvalue weighted by Gasteiger charge is -2.13. The number of amides is 4. The van der Waals surface area contributed by atoms with Crippen molar-refractivity contribution in [3.8, 4) is 5.69 Å². The van der Waals surface area contributed by atoms with Crippen LogP contribution in [0.15, 0.2) is 54.2 Å². The molecule has 0 atom stereocenters. The van der Waals surface area contributed by atoms with Gasteiger partial charge in [0.1, 0.15) is 12.2 Å². The molecule has 4 amide bonds. The van der Waals surface area contributed by atoms with Crippen LogP contribution in [0.4, 0.5) is 10.5 Å². The Bertz CT molecular complexity index is 1350. The van der Waals surface area contributed by atoms with Crippen LogP contribution in [0.5, 0.6) is 0 Å². The quantitative estimate of drug-likeness (QED) is 0.436. The highest BCUT2D eigenvalue weighted by molar-refractivity contribution is 6.16. The van der Waals surface area contributed by atoms with Gasteiger partial charge in [0.05, 0.1) is 0 Å². The van der Waals surface area contributed by atoms with Crippen molar-refractivity contribution in [3.63, 3.8) is 0 Å². The molecule has 1 aromatic heterocycles. The summed E-state index contributed by atoms with van der Waals surface area (Å²) in [5.74, 6) is -0.968. The first-order valence-electron chi connectivity index (χ1n) is 11.1. The van der Waals surface area contributed by atoms with E-state index in [0.29, 0.717) is 5.69 Å². The predicted molar refractivity (Wildman–Crippen MR) is 133 cm³/mol. The Balaban J connectivity index is 1.55. The van der Waals surface area contributed by atoms with Gasteiger partial charge in [0.25, 0.3) is 5.91 Å². The van der Waals surface area contributed by atoms with E-state index in [0.717, 1.165) is 38.7 Å². The molecule has 0 aliphatic carbocycles. The molecule has 1 fully saturated rings. The Kier molecular flexibility index (Phi) is 6.11. The van der Waals surface area contributed by atoms with Gasteiger partial charge in [-0.15, -0.1) is 0 Å². The minimum absolute atomic E-state index is 0.147. The maximum atomic E-state index is 12.9. The number of hydrogen-bond donors (Lipinski definition) is 2. The lowest BCUT2D eigenvalue weighted by Crippen LogP contribution is -2.38. The van der Waals surface area contributed by atoms with E-state index >= 15 is 0 Å². The molecule has 2 heterocycles. The highest BCUT2D eigenvalue weighted by Crippen LogP contribution is 2.26. The van der Waals surface area contributed by atoms with E-state index in [1.807, 2.05) is 45.0 Å². The molecule has 1 aliphatic heterocycles. The first kappa shape index (κ1) is 23.0. The summed E-state index contributed by atoms with van der Waals surface area (Å²) < 4.78 is 2.13. The van der Waals surface area contributed by atoms with Crippen LogP contribution >= 0.6 is 0 Å². The van der Waals surface area contributed by atoms with Gasteiger partial charge in [0.2, 0.25) is 5.91 Å². The molecule has 34 heavy (non-hydrogen) atoms. The lowest BCUT2D eigenvalue weighted by atomic mass is 10.1. The minimum Gasteiger partial charge on any atom is -0.325 e. The van der Waals surface area contributed by atoms with Crippen molar-refractivity contribution in [2.45, 2.75) is 34.6 Å². The molecule has 1 aliphatic rings. The summed E-state index contributed by atoms with van der Waals surface area (Å²) in [5.41, 5.74) is 7.97. The van der Waals surface area contributed by atoms with Crippen LogP contribution in [0.2, 0.25) is 0 Å². The largest absolute Gasteiger partial charge is 0.329 e. The molecule has 0 radical (unpaired) electrons. The number of aryl methyl sites for hydroxylation is 4. The molecular weight excluding hydrogens is 428 g/mol. The zero-order valence-corrected chi connectivity index (χ0v) is 20.0. The summed E-state index contributed by atoms with van der Waals surface area (Å²) in [7, 11) is 0. The molecule has 2 N–H and O–H groups in total. The van der Waals surface area contributed by atoms with E-state index < -0.39 is 17.8 Å². The zero-order valence-electron chi connectivity index (χ0n) is 20.0. The second-order valence-corrected chi connectivity index (χ2v) is 8.75. The first-order valence-corrected chi connectivity index (χ1v) is 11.1. The fourth-order valence-electron chi connectivity index (χ4n) is 4.30. The van der Waals surface area contributed by atoms with Crippen LogP contribution in [0.25, 0.3) is 11.8 Å². The van der Waals surface area contributed by atoms with Crippen molar-refractivity contribution in [3.05, 3.63) is 87.9 Å². The first-order chi connectivity index (χ1) is 16.1. The SMILES string of the molecule is Cc1cccc(NC(=O)CN2C(=O)N/C(=C/c3cc(C)n(-c4ccc(C)cc4C)c3C)C2=O)c1. The summed E-state index contributed by atoms with van der Waals surface area (Å²) in [6.07, 6.45) is 1.67. The Morgan fingerprint density at radius 3 is 2.41 bits per heavy atom. The van der Waals surface area contributed by atoms with Crippen molar-refractivity contribution < 1.29 is 14.4 Å². The molecule has 4 rings (SSSR count). The van der Waals surface area contributed by atoms with Crippen molar-refractivity contribution in [2.24, 2.45) is 0 Å². The van der Waals surface area contributed by atoms with E-state index in [1.165, 1.54) is 5.56 Å². The van der Waals surface area contributed by atoms with Crippen LogP contribution in [0.3, 0.4) is 0 Å². The van der Waals surface area contributed by atoms with E-state index in [2.05, 4.69) is 47.2 Å². The van der Waals surface area contributed by atoms with Gasteiger partial charge in [0, 0.05) is 22.8 Å². The molecule has 0 unspecified atom stereocenters. The third-order valence-electron chi connectivity index (χ3n) is 5.93. The van der Waals surface area contributed by atoms with Gasteiger partial charge >= 0.3 is 6.03 Å². The number of imide groups is 1. The number of hydrogen-bond acceptors (Lipinski definition) is 3. The van der Waals surface area contributed by atoms with Crippen LogP contribution < -0.4 is 10.6 Å². The summed E-state index contributed by atoms with van der Waals surface area (Å²) in [5, 5.41) is 5.33. The highest BCUT2D eigenvalue weighted by Gasteiger charge is 2.35. The summed E-state index contributed by atoms with van der Waals surface area (Å²) in [6.45, 7) is 9.67. The molecule has 0 spiro atoms. The Morgan fingerprint density at radius 2 is 1.71 bits per heavy atom. The smallest absolute Gasteiger partial charge is 0.325 e. The van der Waals surface area contributed by atoms with Crippen molar-refractivity contribution in [1.82, 2.24) is 14.8 Å². The molecule has 7 heteroatoms. The molecule has 0 saturated carbocycles. The molecule has 0 bridgehead atoms. The number of aromatic nitrogens is 1. The summed E-state index contributed by atoms with van der Waals surface area (Å²) in [4.78, 5) is 38.7. The third kappa shape index (κ3) is 4.50. The number of carbonyl (C=O) groups excluding carboxylic acids is 3. The second kappa shape index (κ2) is 9.02. The minimum atomic E-state index is -0.612. The van der Waals surface area contributed by atoms with Crippen LogP contribution in [-0.2, 0) is 9.59 Å². The van der Waals surface area contributed by atoms with Crippen LogP contribution in [0, 0.1) is 34.6 Å².